The summed E-state index contributed by atoms with van der Waals surface area (Å²) in [6.45, 7) is 6.02. The highest BCUT2D eigenvalue weighted by Gasteiger charge is 2.43. The van der Waals surface area contributed by atoms with Gasteiger partial charge in [0.1, 0.15) is 0 Å². The van der Waals surface area contributed by atoms with Crippen LogP contribution in [0.5, 0.6) is 17.2 Å². The second kappa shape index (κ2) is 6.29. The Morgan fingerprint density at radius 1 is 1.21 bits per heavy atom. The first-order chi connectivity index (χ1) is 13.3. The highest BCUT2D eigenvalue weighted by atomic mass is 16.5. The Hall–Kier alpha value is -2.96. The van der Waals surface area contributed by atoms with E-state index < -0.39 is 0 Å². The quantitative estimate of drug-likeness (QED) is 0.829. The van der Waals surface area contributed by atoms with Crippen molar-refractivity contribution in [3.8, 4) is 17.2 Å². The fraction of sp³-hybridized carbons (Fsp3) is 0.429. The van der Waals surface area contributed by atoms with Crippen molar-refractivity contribution >= 4 is 11.7 Å². The molecule has 0 unspecified atom stereocenters. The topological polar surface area (TPSA) is 93.8 Å². The van der Waals surface area contributed by atoms with Gasteiger partial charge >= 0.3 is 0 Å². The number of carbonyl (C=O) groups excluding carboxylic acids is 1. The van der Waals surface area contributed by atoms with E-state index in [4.69, 9.17) is 14.0 Å². The second-order valence-corrected chi connectivity index (χ2v) is 8.18. The van der Waals surface area contributed by atoms with E-state index in [-0.39, 0.29) is 34.4 Å². The van der Waals surface area contributed by atoms with Gasteiger partial charge in [0.25, 0.3) is 0 Å². The lowest BCUT2D eigenvalue weighted by Gasteiger charge is -2.37. The molecule has 7 nitrogen and oxygen atoms in total. The summed E-state index contributed by atoms with van der Waals surface area (Å²) in [6.07, 6.45) is 1.20. The molecule has 4 rings (SSSR count). The molecule has 28 heavy (non-hydrogen) atoms. The van der Waals surface area contributed by atoms with E-state index in [1.165, 1.54) is 14.2 Å². The minimum atomic E-state index is -0.371. The van der Waals surface area contributed by atoms with Crippen molar-refractivity contribution in [2.24, 2.45) is 5.41 Å². The van der Waals surface area contributed by atoms with Crippen LogP contribution in [0.25, 0.3) is 0 Å². The first-order valence-corrected chi connectivity index (χ1v) is 9.20. The molecule has 7 heteroatoms. The van der Waals surface area contributed by atoms with Crippen LogP contribution in [0.15, 0.2) is 27.9 Å². The number of allylic oxidation sites excluding steroid dienone is 2. The minimum Gasteiger partial charge on any atom is -0.502 e. The number of aromatic hydroxyl groups is 1. The zero-order chi connectivity index (χ0) is 20.2. The number of nitrogens with one attached hydrogen (secondary N) is 1. The standard InChI is InChI=1S/C21H24N2O5/c1-10-16-17(11-6-14(26-4)19(25)15(7-11)27-5)18-12(22-20(16)28-23-10)8-21(2,3)9-13(18)24/h6-7,17,22,25H,8-9H2,1-5H3/t17-/m0/s1. The lowest BCUT2D eigenvalue weighted by molar-refractivity contribution is -0.118. The van der Waals surface area contributed by atoms with Gasteiger partial charge in [-0.05, 0) is 36.5 Å². The third-order valence-electron chi connectivity index (χ3n) is 5.51. The molecule has 1 aliphatic heterocycles. The number of benzene rings is 1. The summed E-state index contributed by atoms with van der Waals surface area (Å²) in [4.78, 5) is 13.2. The van der Waals surface area contributed by atoms with Crippen molar-refractivity contribution in [1.82, 2.24) is 5.16 Å². The number of hydrogen-bond donors (Lipinski definition) is 2. The molecule has 0 amide bonds. The first kappa shape index (κ1) is 18.4. The van der Waals surface area contributed by atoms with Crippen molar-refractivity contribution in [2.45, 2.75) is 39.5 Å². The predicted molar refractivity (Wildman–Crippen MR) is 103 cm³/mol. The van der Waals surface area contributed by atoms with Gasteiger partial charge in [-0.15, -0.1) is 0 Å². The zero-order valence-electron chi connectivity index (χ0n) is 16.7. The van der Waals surface area contributed by atoms with Gasteiger partial charge in [0.15, 0.2) is 17.3 Å². The predicted octanol–water partition coefficient (Wildman–Crippen LogP) is 3.91. The molecule has 2 aliphatic rings. The number of fused-ring (bicyclic) bond motifs is 1. The molecule has 1 aliphatic carbocycles. The summed E-state index contributed by atoms with van der Waals surface area (Å²) in [7, 11) is 2.96. The van der Waals surface area contributed by atoms with Crippen LogP contribution in [0.2, 0.25) is 0 Å². The number of methoxy groups -OCH3 is 2. The summed E-state index contributed by atoms with van der Waals surface area (Å²) in [5.74, 6) is 0.780. The molecular weight excluding hydrogens is 360 g/mol. The van der Waals surface area contributed by atoms with E-state index in [2.05, 4.69) is 24.3 Å². The number of ketones is 1. The number of rotatable bonds is 3. The molecule has 1 atom stereocenters. The van der Waals surface area contributed by atoms with Gasteiger partial charge in [0.05, 0.1) is 25.5 Å². The number of carbonyl (C=O) groups is 1. The molecule has 2 heterocycles. The van der Waals surface area contributed by atoms with Gasteiger partial charge in [-0.2, -0.15) is 0 Å². The Kier molecular flexibility index (Phi) is 4.14. The summed E-state index contributed by atoms with van der Waals surface area (Å²) >= 11 is 0. The average Bonchev–Trinajstić information content (AvgIpc) is 3.00. The summed E-state index contributed by atoms with van der Waals surface area (Å²) in [5, 5.41) is 17.7. The molecule has 0 radical (unpaired) electrons. The molecule has 1 aromatic carbocycles. The summed E-state index contributed by atoms with van der Waals surface area (Å²) < 4.78 is 16.2. The van der Waals surface area contributed by atoms with Crippen LogP contribution in [-0.2, 0) is 4.79 Å². The van der Waals surface area contributed by atoms with E-state index in [0.717, 1.165) is 23.2 Å². The molecule has 2 aromatic rings. The number of anilines is 1. The molecule has 0 saturated heterocycles. The Morgan fingerprint density at radius 3 is 2.46 bits per heavy atom. The fourth-order valence-electron chi connectivity index (χ4n) is 4.28. The first-order valence-electron chi connectivity index (χ1n) is 9.20. The second-order valence-electron chi connectivity index (χ2n) is 8.18. The maximum atomic E-state index is 13.2. The van der Waals surface area contributed by atoms with Crippen molar-refractivity contribution in [2.75, 3.05) is 19.5 Å². The van der Waals surface area contributed by atoms with Crippen LogP contribution in [0.1, 0.15) is 49.4 Å². The third-order valence-corrected chi connectivity index (χ3v) is 5.51. The molecule has 0 fully saturated rings. The van der Waals surface area contributed by atoms with Crippen molar-refractivity contribution in [3.63, 3.8) is 0 Å². The maximum Gasteiger partial charge on any atom is 0.233 e. The van der Waals surface area contributed by atoms with E-state index in [0.29, 0.717) is 23.6 Å². The Bertz CT molecular complexity index is 977. The van der Waals surface area contributed by atoms with E-state index in [1.54, 1.807) is 12.1 Å². The van der Waals surface area contributed by atoms with E-state index >= 15 is 0 Å². The number of aromatic nitrogens is 1. The minimum absolute atomic E-state index is 0.0738. The molecule has 0 spiro atoms. The molecule has 0 bridgehead atoms. The number of nitrogens with zero attached hydrogens (tertiary/aromatic N) is 1. The highest BCUT2D eigenvalue weighted by Crippen LogP contribution is 2.51. The van der Waals surface area contributed by atoms with Crippen molar-refractivity contribution in [3.05, 3.63) is 40.2 Å². The van der Waals surface area contributed by atoms with Crippen LogP contribution < -0.4 is 14.8 Å². The average molecular weight is 384 g/mol. The lowest BCUT2D eigenvalue weighted by atomic mass is 9.69. The largest absolute Gasteiger partial charge is 0.502 e. The van der Waals surface area contributed by atoms with Crippen LogP contribution in [0.4, 0.5) is 5.88 Å². The molecule has 2 N–H and O–H groups in total. The fourth-order valence-corrected chi connectivity index (χ4v) is 4.28. The summed E-state index contributed by atoms with van der Waals surface area (Å²) in [6, 6.07) is 3.48. The number of ether oxygens (including phenoxy) is 2. The number of aryl methyl sites for hydroxylation is 1. The van der Waals surface area contributed by atoms with Gasteiger partial charge in [0, 0.05) is 23.6 Å². The third kappa shape index (κ3) is 2.73. The van der Waals surface area contributed by atoms with E-state index in [1.807, 2.05) is 6.92 Å². The normalized spacial score (nSPS) is 20.3. The van der Waals surface area contributed by atoms with Gasteiger partial charge < -0.3 is 24.4 Å². The monoisotopic (exact) mass is 384 g/mol. The van der Waals surface area contributed by atoms with Crippen LogP contribution in [0, 0.1) is 12.3 Å². The van der Waals surface area contributed by atoms with Gasteiger partial charge in [-0.1, -0.05) is 19.0 Å². The lowest BCUT2D eigenvalue weighted by Crippen LogP contribution is -2.33. The summed E-state index contributed by atoms with van der Waals surface area (Å²) in [5.41, 5.74) is 3.75. The van der Waals surface area contributed by atoms with Crippen LogP contribution in [-0.4, -0.2) is 30.3 Å². The van der Waals surface area contributed by atoms with Crippen LogP contribution in [0.3, 0.4) is 0 Å². The van der Waals surface area contributed by atoms with E-state index in [9.17, 15) is 9.90 Å². The SMILES string of the molecule is COc1cc([C@@H]2C3=C(CC(C)(C)CC3=O)Nc3onc(C)c32)cc(OC)c1O. The van der Waals surface area contributed by atoms with Crippen molar-refractivity contribution < 1.29 is 23.9 Å². The zero-order valence-corrected chi connectivity index (χ0v) is 16.7. The van der Waals surface area contributed by atoms with Gasteiger partial charge in [0.2, 0.25) is 11.6 Å². The molecular formula is C21H24N2O5. The highest BCUT2D eigenvalue weighted by molar-refractivity contribution is 6.01. The van der Waals surface area contributed by atoms with Crippen LogP contribution >= 0.6 is 0 Å². The Labute approximate surface area is 163 Å². The Balaban J connectivity index is 1.97. The molecule has 0 saturated carbocycles. The molecule has 148 valence electrons. The van der Waals surface area contributed by atoms with Gasteiger partial charge in [-0.25, -0.2) is 0 Å². The van der Waals surface area contributed by atoms with Crippen molar-refractivity contribution in [1.29, 1.82) is 0 Å². The smallest absolute Gasteiger partial charge is 0.233 e. The van der Waals surface area contributed by atoms with Gasteiger partial charge in [-0.3, -0.25) is 4.79 Å². The number of Topliss-reactive ketones (excluding diaryl/α,β-unsaturated/α-hetero) is 1. The number of hydrogen-bond acceptors (Lipinski definition) is 7. The maximum absolute atomic E-state index is 13.2. The molecule has 1 aromatic heterocycles. The number of phenols is 1. The number of phenolic OH excluding ortho intramolecular Hbond substituents is 1. The Morgan fingerprint density at radius 2 is 1.86 bits per heavy atom.